The molecule has 118 valence electrons. The second-order valence-corrected chi connectivity index (χ2v) is 7.28. The number of carbonyl (C=O) groups is 1. The Morgan fingerprint density at radius 3 is 3.13 bits per heavy atom. The maximum atomic E-state index is 12.6. The fourth-order valence-corrected chi connectivity index (χ4v) is 4.20. The van der Waals surface area contributed by atoms with Gasteiger partial charge in [-0.3, -0.25) is 4.79 Å². The summed E-state index contributed by atoms with van der Waals surface area (Å²) in [6.07, 6.45) is 2.29. The van der Waals surface area contributed by atoms with E-state index in [0.29, 0.717) is 18.1 Å². The van der Waals surface area contributed by atoms with Gasteiger partial charge in [0.05, 0.1) is 6.42 Å². The number of rotatable bonds is 4. The van der Waals surface area contributed by atoms with E-state index < -0.39 is 0 Å². The first-order valence-corrected chi connectivity index (χ1v) is 9.31. The van der Waals surface area contributed by atoms with Crippen molar-refractivity contribution in [1.29, 1.82) is 0 Å². The monoisotopic (exact) mass is 345 g/mol. The molecule has 0 bridgehead atoms. The molecule has 0 aromatic carbocycles. The number of carbonyl (C=O) groups excluding carboxylic acids is 1. The summed E-state index contributed by atoms with van der Waals surface area (Å²) in [6, 6.07) is 5.84. The van der Waals surface area contributed by atoms with Crippen molar-refractivity contribution < 1.29 is 9.32 Å². The highest BCUT2D eigenvalue weighted by atomic mass is 32.1. The van der Waals surface area contributed by atoms with Crippen molar-refractivity contribution >= 4 is 28.6 Å². The van der Waals surface area contributed by atoms with Gasteiger partial charge in [0.2, 0.25) is 17.6 Å². The minimum absolute atomic E-state index is 0.0950. The van der Waals surface area contributed by atoms with Crippen molar-refractivity contribution in [2.45, 2.75) is 25.3 Å². The summed E-state index contributed by atoms with van der Waals surface area (Å²) < 4.78 is 5.44. The van der Waals surface area contributed by atoms with Crippen LogP contribution in [0, 0.1) is 0 Å². The molecule has 0 N–H and O–H groups in total. The van der Waals surface area contributed by atoms with Gasteiger partial charge in [-0.1, -0.05) is 11.2 Å². The molecule has 4 rings (SSSR count). The Morgan fingerprint density at radius 1 is 1.39 bits per heavy atom. The van der Waals surface area contributed by atoms with E-state index in [-0.39, 0.29) is 11.9 Å². The van der Waals surface area contributed by atoms with Crippen molar-refractivity contribution in [3.05, 3.63) is 45.1 Å². The van der Waals surface area contributed by atoms with E-state index in [1.165, 1.54) is 0 Å². The topological polar surface area (TPSA) is 59.2 Å². The summed E-state index contributed by atoms with van der Waals surface area (Å²) >= 11 is 3.21. The van der Waals surface area contributed by atoms with Gasteiger partial charge in [-0.05, 0) is 35.7 Å². The zero-order valence-electron chi connectivity index (χ0n) is 12.3. The summed E-state index contributed by atoms with van der Waals surface area (Å²) in [7, 11) is 0. The minimum atomic E-state index is -0.0950. The van der Waals surface area contributed by atoms with Gasteiger partial charge in [0, 0.05) is 22.4 Å². The predicted octanol–water partition coefficient (Wildman–Crippen LogP) is 3.77. The molecule has 1 saturated heterocycles. The Balaban J connectivity index is 1.52. The van der Waals surface area contributed by atoms with Crippen LogP contribution in [0.25, 0.3) is 11.4 Å². The van der Waals surface area contributed by atoms with Gasteiger partial charge in [-0.25, -0.2) is 0 Å². The first-order valence-electron chi connectivity index (χ1n) is 7.49. The van der Waals surface area contributed by atoms with E-state index in [1.54, 1.807) is 22.7 Å². The first-order chi connectivity index (χ1) is 11.3. The lowest BCUT2D eigenvalue weighted by atomic mass is 10.2. The van der Waals surface area contributed by atoms with Crippen molar-refractivity contribution in [3.63, 3.8) is 0 Å². The van der Waals surface area contributed by atoms with Crippen LogP contribution in [0.3, 0.4) is 0 Å². The standard InChI is InChI=1S/C16H15N3O2S2/c20-14(9-12-3-2-7-23-12)19-6-1-4-13(19)16-17-15(18-21-16)11-5-8-22-10-11/h2-3,5,7-8,10,13H,1,4,6,9H2. The molecule has 0 saturated carbocycles. The molecular weight excluding hydrogens is 330 g/mol. The number of nitrogens with zero attached hydrogens (tertiary/aromatic N) is 3. The van der Waals surface area contributed by atoms with E-state index in [4.69, 9.17) is 4.52 Å². The van der Waals surface area contributed by atoms with Gasteiger partial charge < -0.3 is 9.42 Å². The summed E-state index contributed by atoms with van der Waals surface area (Å²) in [6.45, 7) is 0.755. The fourth-order valence-electron chi connectivity index (χ4n) is 2.87. The smallest absolute Gasteiger partial charge is 0.249 e. The van der Waals surface area contributed by atoms with E-state index in [1.807, 2.05) is 39.2 Å². The van der Waals surface area contributed by atoms with Crippen LogP contribution in [0.1, 0.15) is 29.7 Å². The van der Waals surface area contributed by atoms with Crippen LogP contribution >= 0.6 is 22.7 Å². The van der Waals surface area contributed by atoms with Crippen molar-refractivity contribution in [1.82, 2.24) is 15.0 Å². The van der Waals surface area contributed by atoms with Crippen molar-refractivity contribution in [2.24, 2.45) is 0 Å². The van der Waals surface area contributed by atoms with Gasteiger partial charge >= 0.3 is 0 Å². The van der Waals surface area contributed by atoms with Crippen LogP contribution in [0.2, 0.25) is 0 Å². The van der Waals surface area contributed by atoms with E-state index in [2.05, 4.69) is 10.1 Å². The molecule has 5 nitrogen and oxygen atoms in total. The van der Waals surface area contributed by atoms with E-state index >= 15 is 0 Å². The molecule has 1 atom stereocenters. The van der Waals surface area contributed by atoms with Crippen LogP contribution in [0.5, 0.6) is 0 Å². The Kier molecular flexibility index (Phi) is 3.97. The van der Waals surface area contributed by atoms with Crippen LogP contribution in [-0.4, -0.2) is 27.5 Å². The lowest BCUT2D eigenvalue weighted by Crippen LogP contribution is -2.31. The number of likely N-dealkylation sites (tertiary alicyclic amines) is 1. The SMILES string of the molecule is O=C(Cc1cccs1)N1CCCC1c1nc(-c2ccsc2)no1. The van der Waals surface area contributed by atoms with Crippen LogP contribution in [0.4, 0.5) is 0 Å². The molecule has 0 spiro atoms. The maximum absolute atomic E-state index is 12.6. The highest BCUT2D eigenvalue weighted by molar-refractivity contribution is 7.10. The molecule has 0 aliphatic carbocycles. The lowest BCUT2D eigenvalue weighted by molar-refractivity contribution is -0.131. The molecule has 23 heavy (non-hydrogen) atoms. The molecule has 1 amide bonds. The molecular formula is C16H15N3O2S2. The Hall–Kier alpha value is -1.99. The number of hydrogen-bond donors (Lipinski definition) is 0. The first kappa shape index (κ1) is 14.6. The molecule has 1 aliphatic rings. The quantitative estimate of drug-likeness (QED) is 0.722. The third kappa shape index (κ3) is 2.94. The molecule has 1 aliphatic heterocycles. The minimum Gasteiger partial charge on any atom is -0.337 e. The molecule has 1 fully saturated rings. The highest BCUT2D eigenvalue weighted by Crippen LogP contribution is 2.33. The average Bonchev–Trinajstić information content (AvgIpc) is 3.30. The van der Waals surface area contributed by atoms with Gasteiger partial charge in [-0.2, -0.15) is 16.3 Å². The van der Waals surface area contributed by atoms with Gasteiger partial charge in [0.25, 0.3) is 0 Å². The summed E-state index contributed by atoms with van der Waals surface area (Å²) in [5.74, 6) is 1.27. The normalized spacial score (nSPS) is 17.7. The largest absolute Gasteiger partial charge is 0.337 e. The van der Waals surface area contributed by atoms with Gasteiger partial charge in [-0.15, -0.1) is 11.3 Å². The summed E-state index contributed by atoms with van der Waals surface area (Å²) in [5, 5.41) is 10.0. The van der Waals surface area contributed by atoms with Crippen molar-refractivity contribution in [3.8, 4) is 11.4 Å². The molecule has 3 aromatic rings. The third-order valence-electron chi connectivity index (χ3n) is 3.98. The highest BCUT2D eigenvalue weighted by Gasteiger charge is 2.34. The second kappa shape index (κ2) is 6.25. The zero-order valence-corrected chi connectivity index (χ0v) is 14.0. The van der Waals surface area contributed by atoms with Gasteiger partial charge in [0.1, 0.15) is 6.04 Å². The van der Waals surface area contributed by atoms with E-state index in [0.717, 1.165) is 29.8 Å². The fraction of sp³-hybridized carbons (Fsp3) is 0.312. The Morgan fingerprint density at radius 2 is 2.35 bits per heavy atom. The zero-order chi connectivity index (χ0) is 15.6. The molecule has 4 heterocycles. The van der Waals surface area contributed by atoms with E-state index in [9.17, 15) is 4.79 Å². The third-order valence-corrected chi connectivity index (χ3v) is 5.54. The molecule has 0 radical (unpaired) electrons. The number of hydrogen-bond acceptors (Lipinski definition) is 6. The molecule has 7 heteroatoms. The average molecular weight is 345 g/mol. The van der Waals surface area contributed by atoms with Crippen LogP contribution in [0.15, 0.2) is 38.9 Å². The van der Waals surface area contributed by atoms with Crippen LogP contribution < -0.4 is 0 Å². The molecule has 1 unspecified atom stereocenters. The Bertz CT molecular complexity index is 780. The van der Waals surface area contributed by atoms with Crippen molar-refractivity contribution in [2.75, 3.05) is 6.54 Å². The second-order valence-electron chi connectivity index (χ2n) is 5.47. The Labute approximate surface area is 141 Å². The predicted molar refractivity (Wildman–Crippen MR) is 89.3 cm³/mol. The lowest BCUT2D eigenvalue weighted by Gasteiger charge is -2.21. The van der Waals surface area contributed by atoms with Gasteiger partial charge in [0.15, 0.2) is 0 Å². The van der Waals surface area contributed by atoms with Crippen LogP contribution in [-0.2, 0) is 11.2 Å². The molecule has 3 aromatic heterocycles. The number of amides is 1. The summed E-state index contributed by atoms with van der Waals surface area (Å²) in [4.78, 5) is 20.0. The summed E-state index contributed by atoms with van der Waals surface area (Å²) in [5.41, 5.74) is 0.958. The maximum Gasteiger partial charge on any atom is 0.249 e. The number of aromatic nitrogens is 2. The number of thiophene rings is 2.